The maximum Gasteiger partial charge on any atom is 0.300 e. The summed E-state index contributed by atoms with van der Waals surface area (Å²) in [5, 5.41) is 0.0565. The van der Waals surface area contributed by atoms with E-state index in [1.165, 1.54) is 49.3 Å². The number of benzene rings is 1. The molecule has 0 amide bonds. The Labute approximate surface area is 210 Å². The third-order valence-corrected chi connectivity index (χ3v) is 6.66. The summed E-state index contributed by atoms with van der Waals surface area (Å²) in [4.78, 5) is 20.6. The van der Waals surface area contributed by atoms with Crippen LogP contribution < -0.4 is 19.8 Å². The highest BCUT2D eigenvalue weighted by Crippen LogP contribution is 2.31. The van der Waals surface area contributed by atoms with E-state index in [0.29, 0.717) is 23.4 Å². The van der Waals surface area contributed by atoms with E-state index >= 15 is 0 Å². The van der Waals surface area contributed by atoms with Gasteiger partial charge in [0.15, 0.2) is 0 Å². The fourth-order valence-electron chi connectivity index (χ4n) is 3.30. The van der Waals surface area contributed by atoms with Gasteiger partial charge >= 0.3 is 0 Å². The zero-order chi connectivity index (χ0) is 25.9. The number of hydrogen-bond acceptors (Lipinski definition) is 8. The molecule has 10 nitrogen and oxygen atoms in total. The first-order chi connectivity index (χ1) is 17.2. The number of anilines is 1. The van der Waals surface area contributed by atoms with Crippen molar-refractivity contribution in [2.24, 2.45) is 0 Å². The highest BCUT2D eigenvalue weighted by atomic mass is 35.5. The molecule has 0 aliphatic rings. The van der Waals surface area contributed by atoms with Crippen LogP contribution in [0.25, 0.3) is 16.8 Å². The van der Waals surface area contributed by atoms with Gasteiger partial charge in [0.2, 0.25) is 11.6 Å². The van der Waals surface area contributed by atoms with E-state index in [9.17, 15) is 17.6 Å². The number of nitrogens with zero attached hydrogens (tertiary/aromatic N) is 3. The van der Waals surface area contributed by atoms with E-state index in [0.717, 1.165) is 12.1 Å². The van der Waals surface area contributed by atoms with Gasteiger partial charge in [-0.15, -0.1) is 0 Å². The van der Waals surface area contributed by atoms with Crippen molar-refractivity contribution < 1.29 is 27.0 Å². The largest absolute Gasteiger partial charge is 0.484 e. The maximum atomic E-state index is 14.3. The van der Waals surface area contributed by atoms with Crippen molar-refractivity contribution >= 4 is 33.0 Å². The smallest absolute Gasteiger partial charge is 0.300 e. The van der Waals surface area contributed by atoms with E-state index < -0.39 is 26.3 Å². The zero-order valence-corrected chi connectivity index (χ0v) is 20.6. The lowest BCUT2D eigenvalue weighted by Gasteiger charge is -2.14. The summed E-state index contributed by atoms with van der Waals surface area (Å²) in [6.07, 6.45) is 4.30. The molecule has 1 N–H and O–H groups in total. The van der Waals surface area contributed by atoms with Crippen LogP contribution in [0.4, 0.5) is 10.1 Å². The number of rotatable bonds is 9. The predicted octanol–water partition coefficient (Wildman–Crippen LogP) is 3.38. The Morgan fingerprint density at radius 1 is 1.06 bits per heavy atom. The second kappa shape index (κ2) is 10.5. The summed E-state index contributed by atoms with van der Waals surface area (Å²) in [7, 11) is -1.51. The molecule has 36 heavy (non-hydrogen) atoms. The van der Waals surface area contributed by atoms with Crippen LogP contribution in [-0.4, -0.2) is 50.2 Å². The van der Waals surface area contributed by atoms with Gasteiger partial charge in [-0.3, -0.25) is 13.9 Å². The Morgan fingerprint density at radius 2 is 1.86 bits per heavy atom. The van der Waals surface area contributed by atoms with Gasteiger partial charge in [0.1, 0.15) is 28.7 Å². The topological polar surface area (TPSA) is 121 Å². The molecule has 0 saturated heterocycles. The van der Waals surface area contributed by atoms with Crippen LogP contribution in [0.3, 0.4) is 0 Å². The van der Waals surface area contributed by atoms with Gasteiger partial charge < -0.3 is 14.2 Å². The molecule has 0 spiro atoms. The summed E-state index contributed by atoms with van der Waals surface area (Å²) < 4.78 is 59.1. The molecule has 0 fully saturated rings. The van der Waals surface area contributed by atoms with Crippen LogP contribution in [-0.2, 0) is 14.8 Å². The fraction of sp³-hybridized carbons (Fsp3) is 0.174. The number of nitrogens with one attached hydrogen (secondary N) is 1. The highest BCUT2D eigenvalue weighted by Gasteiger charge is 2.22. The first-order valence-electron chi connectivity index (χ1n) is 10.4. The fourth-order valence-corrected chi connectivity index (χ4v) is 4.57. The highest BCUT2D eigenvalue weighted by molar-refractivity contribution is 7.92. The standard InChI is InChI=1S/C23H20ClFN4O6S/c1-33-7-8-35-19-12-26-21-6-3-14(13-29(21)23(19)30)15-9-18(22(34-2)27-11-15)28-36(31,32)20-5-4-16(24)10-17(20)25/h3-6,9-13,28H,7-8H2,1-2H3. The Balaban J connectivity index is 1.73. The number of halogens is 2. The average molecular weight is 535 g/mol. The molecule has 0 saturated carbocycles. The quantitative estimate of drug-likeness (QED) is 0.324. The predicted molar refractivity (Wildman–Crippen MR) is 131 cm³/mol. The number of ether oxygens (including phenoxy) is 3. The molecule has 0 radical (unpaired) electrons. The zero-order valence-electron chi connectivity index (χ0n) is 19.1. The lowest BCUT2D eigenvalue weighted by Crippen LogP contribution is -2.19. The van der Waals surface area contributed by atoms with Gasteiger partial charge in [0.25, 0.3) is 15.6 Å². The molecule has 1 aromatic carbocycles. The van der Waals surface area contributed by atoms with Crippen molar-refractivity contribution in [3.8, 4) is 22.8 Å². The van der Waals surface area contributed by atoms with Crippen molar-refractivity contribution in [3.05, 3.63) is 76.2 Å². The summed E-state index contributed by atoms with van der Waals surface area (Å²) in [5.74, 6) is -0.999. The van der Waals surface area contributed by atoms with Crippen molar-refractivity contribution in [2.75, 3.05) is 32.2 Å². The van der Waals surface area contributed by atoms with Gasteiger partial charge in [-0.2, -0.15) is 0 Å². The van der Waals surface area contributed by atoms with Crippen molar-refractivity contribution in [1.29, 1.82) is 0 Å². The summed E-state index contributed by atoms with van der Waals surface area (Å²) in [6.45, 7) is 0.484. The molecule has 3 aromatic heterocycles. The third kappa shape index (κ3) is 5.25. The van der Waals surface area contributed by atoms with Crippen LogP contribution in [0.2, 0.25) is 5.02 Å². The van der Waals surface area contributed by atoms with Crippen LogP contribution in [0.1, 0.15) is 0 Å². The molecule has 4 rings (SSSR count). The van der Waals surface area contributed by atoms with E-state index in [1.807, 2.05) is 0 Å². The second-order valence-electron chi connectivity index (χ2n) is 7.38. The van der Waals surface area contributed by atoms with Crippen molar-refractivity contribution in [3.63, 3.8) is 0 Å². The van der Waals surface area contributed by atoms with E-state index in [4.69, 9.17) is 25.8 Å². The number of methoxy groups -OCH3 is 2. The molecule has 4 aromatic rings. The molecule has 188 valence electrons. The second-order valence-corrected chi connectivity index (χ2v) is 9.46. The summed E-state index contributed by atoms with van der Waals surface area (Å²) >= 11 is 5.73. The van der Waals surface area contributed by atoms with E-state index in [2.05, 4.69) is 14.7 Å². The minimum atomic E-state index is -4.35. The van der Waals surface area contributed by atoms with Gasteiger partial charge in [-0.05, 0) is 36.4 Å². The van der Waals surface area contributed by atoms with Crippen LogP contribution in [0.5, 0.6) is 11.6 Å². The van der Waals surface area contributed by atoms with Crippen LogP contribution >= 0.6 is 11.6 Å². The SMILES string of the molecule is COCCOc1cnc2ccc(-c3cnc(OC)c(NS(=O)(=O)c4ccc(Cl)cc4F)c3)cn2c1=O. The number of sulfonamides is 1. The number of pyridine rings is 2. The van der Waals surface area contributed by atoms with Crippen molar-refractivity contribution in [1.82, 2.24) is 14.4 Å². The van der Waals surface area contributed by atoms with Crippen LogP contribution in [0, 0.1) is 5.82 Å². The summed E-state index contributed by atoms with van der Waals surface area (Å²) in [5.41, 5.74) is 0.881. The minimum absolute atomic E-state index is 0.0356. The summed E-state index contributed by atoms with van der Waals surface area (Å²) in [6, 6.07) is 7.98. The van der Waals surface area contributed by atoms with Gasteiger partial charge in [-0.1, -0.05) is 11.6 Å². The Bertz CT molecular complexity index is 1600. The van der Waals surface area contributed by atoms with Gasteiger partial charge in [0, 0.05) is 35.7 Å². The lowest BCUT2D eigenvalue weighted by atomic mass is 10.1. The Kier molecular flexibility index (Phi) is 7.38. The van der Waals surface area contributed by atoms with Crippen LogP contribution in [0.15, 0.2) is 64.7 Å². The first kappa shape index (κ1) is 25.4. The molecule has 3 heterocycles. The maximum absolute atomic E-state index is 14.3. The van der Waals surface area contributed by atoms with Crippen molar-refractivity contribution in [2.45, 2.75) is 4.90 Å². The molecular weight excluding hydrogens is 515 g/mol. The average Bonchev–Trinajstić information content (AvgIpc) is 2.85. The molecule has 0 bridgehead atoms. The van der Waals surface area contributed by atoms with Gasteiger partial charge in [-0.25, -0.2) is 22.8 Å². The number of hydrogen-bond donors (Lipinski definition) is 1. The van der Waals surface area contributed by atoms with Gasteiger partial charge in [0.05, 0.1) is 19.9 Å². The molecule has 0 atom stereocenters. The molecular formula is C23H20ClFN4O6S. The van der Waals surface area contributed by atoms with E-state index in [-0.39, 0.29) is 28.9 Å². The van der Waals surface area contributed by atoms with E-state index in [1.54, 1.807) is 12.1 Å². The Morgan fingerprint density at radius 3 is 2.58 bits per heavy atom. The number of fused-ring (bicyclic) bond motifs is 1. The molecule has 13 heteroatoms. The molecule has 0 unspecified atom stereocenters. The molecule has 0 aliphatic carbocycles. The Hall–Kier alpha value is -3.74. The number of aromatic nitrogens is 3. The normalized spacial score (nSPS) is 11.4. The monoisotopic (exact) mass is 534 g/mol. The third-order valence-electron chi connectivity index (χ3n) is 5.02. The first-order valence-corrected chi connectivity index (χ1v) is 12.2. The lowest BCUT2D eigenvalue weighted by molar-refractivity contribution is 0.145. The minimum Gasteiger partial charge on any atom is -0.484 e. The molecule has 0 aliphatic heterocycles.